The first-order chi connectivity index (χ1) is 6.25. The third-order valence-corrected chi connectivity index (χ3v) is 3.47. The quantitative estimate of drug-likeness (QED) is 0.575. The van der Waals surface area contributed by atoms with E-state index in [4.69, 9.17) is 0 Å². The molecular weight excluding hydrogens is 256 g/mol. The molecule has 0 N–H and O–H groups in total. The molecule has 74 valence electrons. The van der Waals surface area contributed by atoms with E-state index in [0.717, 1.165) is 18.2 Å². The minimum atomic E-state index is -1.06. The molecule has 0 amide bonds. The van der Waals surface area contributed by atoms with Gasteiger partial charge >= 0.3 is 0 Å². The van der Waals surface area contributed by atoms with Crippen LogP contribution in [0.2, 0.25) is 0 Å². The minimum absolute atomic E-state index is 0.453. The zero-order valence-electron chi connectivity index (χ0n) is 7.31. The van der Waals surface area contributed by atoms with Gasteiger partial charge < -0.3 is 0 Å². The van der Waals surface area contributed by atoms with Crippen molar-refractivity contribution in [3.05, 3.63) is 0 Å². The van der Waals surface area contributed by atoms with Crippen LogP contribution in [0, 0.1) is 0 Å². The number of alkyl halides is 1. The first-order valence-electron chi connectivity index (χ1n) is 3.92. The highest BCUT2D eigenvalue weighted by Gasteiger charge is 2.10. The summed E-state index contributed by atoms with van der Waals surface area (Å²) in [5.74, 6) is 0.625. The van der Waals surface area contributed by atoms with Gasteiger partial charge in [0.1, 0.15) is 0 Å². The van der Waals surface area contributed by atoms with Crippen molar-refractivity contribution in [1.29, 1.82) is 0 Å². The lowest BCUT2D eigenvalue weighted by molar-refractivity contribution is 0.633. The van der Waals surface area contributed by atoms with Crippen molar-refractivity contribution >= 4 is 26.7 Å². The highest BCUT2D eigenvalue weighted by atomic mass is 79.9. The number of aromatic nitrogens is 4. The summed E-state index contributed by atoms with van der Waals surface area (Å²) in [5.41, 5.74) is 0. The predicted molar refractivity (Wildman–Crippen MR) is 53.1 cm³/mol. The van der Waals surface area contributed by atoms with Gasteiger partial charge in [0.2, 0.25) is 5.16 Å². The van der Waals surface area contributed by atoms with E-state index in [1.807, 2.05) is 0 Å². The van der Waals surface area contributed by atoms with Gasteiger partial charge in [-0.2, -0.15) is 0 Å². The first-order valence-corrected chi connectivity index (χ1v) is 6.36. The number of nitrogens with zero attached hydrogens (tertiary/aromatic N) is 4. The predicted octanol–water partition coefficient (Wildman–Crippen LogP) is 0.493. The average Bonchev–Trinajstić information content (AvgIpc) is 2.52. The fraction of sp³-hybridized carbons (Fsp3) is 0.833. The van der Waals surface area contributed by atoms with E-state index in [-0.39, 0.29) is 0 Å². The smallest absolute Gasteiger partial charge is 0.239 e. The summed E-state index contributed by atoms with van der Waals surface area (Å²) in [6, 6.07) is 0. The van der Waals surface area contributed by atoms with Crippen LogP contribution in [-0.4, -0.2) is 35.5 Å². The maximum absolute atomic E-state index is 11.5. The Bertz CT molecular complexity index is 290. The van der Waals surface area contributed by atoms with Crippen molar-refractivity contribution in [1.82, 2.24) is 20.2 Å². The van der Waals surface area contributed by atoms with Gasteiger partial charge in [-0.3, -0.25) is 4.21 Å². The second kappa shape index (κ2) is 5.43. The monoisotopic (exact) mass is 266 g/mol. The molecule has 0 bridgehead atoms. The molecule has 13 heavy (non-hydrogen) atoms. The van der Waals surface area contributed by atoms with Gasteiger partial charge in [-0.1, -0.05) is 21.0 Å². The summed E-state index contributed by atoms with van der Waals surface area (Å²) in [4.78, 5) is 0. The Labute approximate surface area is 87.5 Å². The Morgan fingerprint density at radius 1 is 1.54 bits per heavy atom. The molecule has 0 aliphatic rings. The molecule has 1 rings (SSSR count). The van der Waals surface area contributed by atoms with Crippen molar-refractivity contribution in [3.63, 3.8) is 0 Å². The molecule has 1 aromatic rings. The van der Waals surface area contributed by atoms with Crippen LogP contribution in [-0.2, 0) is 17.8 Å². The van der Waals surface area contributed by atoms with Crippen molar-refractivity contribution in [2.75, 3.05) is 11.1 Å². The maximum Gasteiger partial charge on any atom is 0.239 e. The van der Waals surface area contributed by atoms with Gasteiger partial charge in [-0.15, -0.1) is 0 Å². The maximum atomic E-state index is 11.5. The molecule has 1 atom stereocenters. The number of hydrogen-bond donors (Lipinski definition) is 0. The topological polar surface area (TPSA) is 60.7 Å². The van der Waals surface area contributed by atoms with E-state index >= 15 is 0 Å². The fourth-order valence-electron chi connectivity index (χ4n) is 0.833. The van der Waals surface area contributed by atoms with E-state index in [2.05, 4.69) is 31.5 Å². The average molecular weight is 267 g/mol. The van der Waals surface area contributed by atoms with Crippen LogP contribution in [0.5, 0.6) is 0 Å². The molecule has 0 radical (unpaired) electrons. The molecule has 0 aliphatic heterocycles. The van der Waals surface area contributed by atoms with Gasteiger partial charge in [0.25, 0.3) is 0 Å². The summed E-state index contributed by atoms with van der Waals surface area (Å²) in [6.07, 6.45) is 1.95. The minimum Gasteiger partial charge on any atom is -0.251 e. The Morgan fingerprint density at radius 2 is 2.31 bits per heavy atom. The van der Waals surface area contributed by atoms with Crippen LogP contribution in [0.3, 0.4) is 0 Å². The van der Waals surface area contributed by atoms with Crippen LogP contribution >= 0.6 is 15.9 Å². The van der Waals surface area contributed by atoms with Crippen LogP contribution in [0.4, 0.5) is 0 Å². The molecule has 0 aromatic carbocycles. The number of halogens is 1. The molecule has 0 fully saturated rings. The van der Waals surface area contributed by atoms with E-state index in [1.54, 1.807) is 7.05 Å². The van der Waals surface area contributed by atoms with Crippen molar-refractivity contribution < 1.29 is 4.21 Å². The van der Waals surface area contributed by atoms with E-state index in [9.17, 15) is 4.21 Å². The first kappa shape index (κ1) is 10.8. The van der Waals surface area contributed by atoms with Crippen LogP contribution in [0.15, 0.2) is 5.16 Å². The second-order valence-electron chi connectivity index (χ2n) is 2.53. The lowest BCUT2D eigenvalue weighted by Crippen LogP contribution is -2.06. The van der Waals surface area contributed by atoms with Crippen LogP contribution in [0.25, 0.3) is 0 Å². The zero-order chi connectivity index (χ0) is 9.68. The van der Waals surface area contributed by atoms with E-state index in [1.165, 1.54) is 4.68 Å². The Balaban J connectivity index is 2.45. The Hall–Kier alpha value is -0.300. The number of rotatable bonds is 5. The molecular formula is C6H11BrN4OS. The third-order valence-electron chi connectivity index (χ3n) is 1.50. The van der Waals surface area contributed by atoms with E-state index < -0.39 is 10.8 Å². The lowest BCUT2D eigenvalue weighted by atomic mass is 10.4. The molecule has 0 spiro atoms. The summed E-state index contributed by atoms with van der Waals surface area (Å²) >= 11 is 3.32. The SMILES string of the molecule is Cn1nnnc1S(=O)CCCCBr. The van der Waals surface area contributed by atoms with Gasteiger partial charge in [-0.25, -0.2) is 4.68 Å². The van der Waals surface area contributed by atoms with Gasteiger partial charge in [0.05, 0.1) is 10.8 Å². The molecule has 5 nitrogen and oxygen atoms in total. The number of hydrogen-bond acceptors (Lipinski definition) is 4. The molecule has 0 saturated carbocycles. The van der Waals surface area contributed by atoms with Gasteiger partial charge in [0, 0.05) is 18.1 Å². The van der Waals surface area contributed by atoms with Crippen molar-refractivity contribution in [3.8, 4) is 0 Å². The van der Waals surface area contributed by atoms with Crippen LogP contribution < -0.4 is 0 Å². The third kappa shape index (κ3) is 3.15. The van der Waals surface area contributed by atoms with Crippen LogP contribution in [0.1, 0.15) is 12.8 Å². The normalized spacial score (nSPS) is 13.1. The van der Waals surface area contributed by atoms with Gasteiger partial charge in [0.15, 0.2) is 0 Å². The zero-order valence-corrected chi connectivity index (χ0v) is 9.71. The number of tetrazole rings is 1. The highest BCUT2D eigenvalue weighted by molar-refractivity contribution is 9.09. The Morgan fingerprint density at radius 3 is 2.85 bits per heavy atom. The largest absolute Gasteiger partial charge is 0.251 e. The fourth-order valence-corrected chi connectivity index (χ4v) is 2.34. The molecule has 1 aromatic heterocycles. The second-order valence-corrected chi connectivity index (χ2v) is 4.79. The summed E-state index contributed by atoms with van der Waals surface area (Å²) in [5, 5.41) is 12.1. The lowest BCUT2D eigenvalue weighted by Gasteiger charge is -1.97. The van der Waals surface area contributed by atoms with E-state index in [0.29, 0.717) is 10.9 Å². The molecule has 1 heterocycles. The summed E-state index contributed by atoms with van der Waals surface area (Å²) in [7, 11) is 0.633. The van der Waals surface area contributed by atoms with Crippen molar-refractivity contribution in [2.24, 2.45) is 7.05 Å². The standard InChI is InChI=1S/C6H11BrN4OS/c1-11-6(8-9-10-11)13(12)5-3-2-4-7/h2-5H2,1H3. The molecule has 1 unspecified atom stereocenters. The molecule has 0 aliphatic carbocycles. The highest BCUT2D eigenvalue weighted by Crippen LogP contribution is 2.02. The molecule has 0 saturated heterocycles. The molecule has 7 heteroatoms. The van der Waals surface area contributed by atoms with Gasteiger partial charge in [-0.05, 0) is 23.3 Å². The van der Waals surface area contributed by atoms with Crippen molar-refractivity contribution in [2.45, 2.75) is 18.0 Å². The number of unbranched alkanes of at least 4 members (excludes halogenated alkanes) is 1. The number of aryl methyl sites for hydroxylation is 1. The summed E-state index contributed by atoms with van der Waals surface area (Å²) < 4.78 is 13.0. The summed E-state index contributed by atoms with van der Waals surface area (Å²) in [6.45, 7) is 0. The Kier molecular flexibility index (Phi) is 4.51.